The van der Waals surface area contributed by atoms with Gasteiger partial charge >= 0.3 is 0 Å². The predicted molar refractivity (Wildman–Crippen MR) is 126 cm³/mol. The zero-order valence-corrected chi connectivity index (χ0v) is 20.3. The van der Waals surface area contributed by atoms with Crippen molar-refractivity contribution in [3.8, 4) is 22.9 Å². The first-order chi connectivity index (χ1) is 16.1. The summed E-state index contributed by atoms with van der Waals surface area (Å²) in [4.78, 5) is 21.7. The van der Waals surface area contributed by atoms with Crippen LogP contribution >= 0.6 is 0 Å². The Balaban J connectivity index is 1.43. The van der Waals surface area contributed by atoms with Gasteiger partial charge in [-0.2, -0.15) is 4.98 Å². The van der Waals surface area contributed by atoms with Crippen molar-refractivity contribution in [2.24, 2.45) is 5.92 Å². The first-order valence-corrected chi connectivity index (χ1v) is 11.8. The quantitative estimate of drug-likeness (QED) is 0.485. The molecule has 0 atom stereocenters. The topological polar surface area (TPSA) is 93.0 Å². The van der Waals surface area contributed by atoms with Gasteiger partial charge in [0.05, 0.1) is 20.8 Å². The molecule has 1 N–H and O–H groups in total. The molecule has 1 saturated heterocycles. The van der Waals surface area contributed by atoms with Crippen LogP contribution in [0, 0.1) is 5.92 Å². The van der Waals surface area contributed by atoms with Gasteiger partial charge in [-0.05, 0) is 70.2 Å². The molecule has 1 aromatic carbocycles. The van der Waals surface area contributed by atoms with E-state index in [4.69, 9.17) is 14.0 Å². The van der Waals surface area contributed by atoms with Crippen molar-refractivity contribution in [1.29, 1.82) is 0 Å². The minimum Gasteiger partial charge on any atom is -0.493 e. The number of hydrogen-bond donors (Lipinski definition) is 1. The molecule has 1 amide bonds. The maximum Gasteiger partial charge on any atom is 0.241 e. The molecular weight excluding hydrogens is 422 g/mol. The van der Waals surface area contributed by atoms with Gasteiger partial charge in [0.2, 0.25) is 17.6 Å². The molecule has 182 valence electrons. The Hall–Kier alpha value is -2.65. The Morgan fingerprint density at radius 1 is 1.18 bits per heavy atom. The lowest BCUT2D eigenvalue weighted by atomic mass is 9.96. The molecule has 33 heavy (non-hydrogen) atoms. The molecule has 1 aliphatic rings. The number of nitrogens with one attached hydrogen (secondary N) is 1. The largest absolute Gasteiger partial charge is 0.493 e. The van der Waals surface area contributed by atoms with Crippen molar-refractivity contribution < 1.29 is 18.8 Å². The summed E-state index contributed by atoms with van der Waals surface area (Å²) in [7, 11) is 3.20. The van der Waals surface area contributed by atoms with Gasteiger partial charge < -0.3 is 24.2 Å². The van der Waals surface area contributed by atoms with Gasteiger partial charge in [-0.15, -0.1) is 0 Å². The van der Waals surface area contributed by atoms with Crippen LogP contribution in [-0.4, -0.2) is 79.3 Å². The van der Waals surface area contributed by atoms with Crippen molar-refractivity contribution >= 4 is 5.91 Å². The third kappa shape index (κ3) is 6.91. The van der Waals surface area contributed by atoms with E-state index in [2.05, 4.69) is 39.1 Å². The Labute approximate surface area is 196 Å². The molecule has 2 aromatic rings. The highest BCUT2D eigenvalue weighted by Gasteiger charge is 2.26. The lowest BCUT2D eigenvalue weighted by Gasteiger charge is -2.30. The molecule has 2 heterocycles. The maximum atomic E-state index is 12.5. The number of aromatic nitrogens is 2. The van der Waals surface area contributed by atoms with Crippen molar-refractivity contribution in [3.05, 3.63) is 24.1 Å². The summed E-state index contributed by atoms with van der Waals surface area (Å²) < 4.78 is 16.1. The van der Waals surface area contributed by atoms with Gasteiger partial charge in [-0.1, -0.05) is 19.0 Å². The monoisotopic (exact) mass is 459 g/mol. The number of carbonyl (C=O) groups is 1. The fraction of sp³-hybridized carbons (Fsp3) is 0.625. The third-order valence-electron chi connectivity index (χ3n) is 6.27. The van der Waals surface area contributed by atoms with Gasteiger partial charge in [0.1, 0.15) is 0 Å². The number of amides is 1. The van der Waals surface area contributed by atoms with Crippen molar-refractivity contribution in [3.63, 3.8) is 0 Å². The minimum atomic E-state index is 0.0831. The van der Waals surface area contributed by atoms with E-state index >= 15 is 0 Å². The standard InChI is InChI=1S/C24H37N5O4/c1-5-28(6-2)13-7-12-25-24(30)18-10-14-29(15-11-18)17-22-26-23(27-33-22)19-8-9-20(31-3)21(16-19)32-4/h8-9,16,18H,5-7,10-15,17H2,1-4H3,(H,25,30). The van der Waals surface area contributed by atoms with Crippen molar-refractivity contribution in [2.45, 2.75) is 39.7 Å². The molecule has 0 unspecified atom stereocenters. The summed E-state index contributed by atoms with van der Waals surface area (Å²) in [6.45, 7) is 10.5. The lowest BCUT2D eigenvalue weighted by Crippen LogP contribution is -2.41. The molecule has 0 saturated carbocycles. The van der Waals surface area contributed by atoms with E-state index in [-0.39, 0.29) is 11.8 Å². The van der Waals surface area contributed by atoms with E-state index in [0.29, 0.717) is 29.8 Å². The number of carbonyl (C=O) groups excluding carboxylic acids is 1. The molecule has 0 radical (unpaired) electrons. The fourth-order valence-corrected chi connectivity index (χ4v) is 4.15. The molecule has 9 nitrogen and oxygen atoms in total. The van der Waals surface area contributed by atoms with Crippen LogP contribution in [0.1, 0.15) is 39.0 Å². The second-order valence-electron chi connectivity index (χ2n) is 8.30. The van der Waals surface area contributed by atoms with E-state index in [1.165, 1.54) is 0 Å². The second kappa shape index (κ2) is 12.6. The fourth-order valence-electron chi connectivity index (χ4n) is 4.15. The Kier molecular flexibility index (Phi) is 9.50. The average molecular weight is 460 g/mol. The third-order valence-corrected chi connectivity index (χ3v) is 6.27. The minimum absolute atomic E-state index is 0.0831. The Bertz CT molecular complexity index is 875. The molecule has 1 aliphatic heterocycles. The summed E-state index contributed by atoms with van der Waals surface area (Å²) in [5, 5.41) is 7.23. The number of hydrogen-bond acceptors (Lipinski definition) is 8. The van der Waals surface area contributed by atoms with Crippen LogP contribution in [0.15, 0.2) is 22.7 Å². The number of likely N-dealkylation sites (tertiary alicyclic amines) is 1. The van der Waals surface area contributed by atoms with E-state index in [1.807, 2.05) is 18.2 Å². The molecule has 1 fully saturated rings. The van der Waals surface area contributed by atoms with Crippen molar-refractivity contribution in [2.75, 3.05) is 53.5 Å². The summed E-state index contributed by atoms with van der Waals surface area (Å²) in [5.74, 6) is 2.63. The van der Waals surface area contributed by atoms with Gasteiger partial charge in [0, 0.05) is 18.0 Å². The SMILES string of the molecule is CCN(CC)CCCNC(=O)C1CCN(Cc2nc(-c3ccc(OC)c(OC)c3)no2)CC1. The first kappa shape index (κ1) is 25.0. The van der Waals surface area contributed by atoms with E-state index < -0.39 is 0 Å². The summed E-state index contributed by atoms with van der Waals surface area (Å²) >= 11 is 0. The molecule has 9 heteroatoms. The van der Waals surface area contributed by atoms with E-state index in [9.17, 15) is 4.79 Å². The highest BCUT2D eigenvalue weighted by atomic mass is 16.5. The lowest BCUT2D eigenvalue weighted by molar-refractivity contribution is -0.126. The van der Waals surface area contributed by atoms with Crippen LogP contribution < -0.4 is 14.8 Å². The second-order valence-corrected chi connectivity index (χ2v) is 8.30. The zero-order chi connectivity index (χ0) is 23.6. The van der Waals surface area contributed by atoms with Crippen LogP contribution in [0.4, 0.5) is 0 Å². The normalized spacial score (nSPS) is 15.1. The molecule has 0 aliphatic carbocycles. The zero-order valence-electron chi connectivity index (χ0n) is 20.3. The Morgan fingerprint density at radius 3 is 2.58 bits per heavy atom. The van der Waals surface area contributed by atoms with Crippen LogP contribution in [0.25, 0.3) is 11.4 Å². The molecule has 1 aromatic heterocycles. The number of ether oxygens (including phenoxy) is 2. The predicted octanol–water partition coefficient (Wildman–Crippen LogP) is 2.81. The highest BCUT2D eigenvalue weighted by Crippen LogP contribution is 2.31. The molecule has 0 spiro atoms. The number of nitrogens with zero attached hydrogens (tertiary/aromatic N) is 4. The Morgan fingerprint density at radius 2 is 1.91 bits per heavy atom. The maximum absolute atomic E-state index is 12.5. The van der Waals surface area contributed by atoms with E-state index in [0.717, 1.165) is 64.1 Å². The smallest absolute Gasteiger partial charge is 0.241 e. The number of piperidine rings is 1. The number of rotatable bonds is 12. The molecular formula is C24H37N5O4. The number of methoxy groups -OCH3 is 2. The van der Waals surface area contributed by atoms with E-state index in [1.54, 1.807) is 14.2 Å². The number of benzene rings is 1. The van der Waals surface area contributed by atoms with Crippen molar-refractivity contribution in [1.82, 2.24) is 25.3 Å². The van der Waals surface area contributed by atoms with Gasteiger partial charge in [-0.25, -0.2) is 0 Å². The van der Waals surface area contributed by atoms with Crippen LogP contribution in [0.3, 0.4) is 0 Å². The summed E-state index contributed by atoms with van der Waals surface area (Å²) in [5.41, 5.74) is 0.805. The van der Waals surface area contributed by atoms with Gasteiger partial charge in [0.25, 0.3) is 0 Å². The van der Waals surface area contributed by atoms with Crippen LogP contribution in [0.2, 0.25) is 0 Å². The van der Waals surface area contributed by atoms with Crippen LogP contribution in [0.5, 0.6) is 11.5 Å². The molecule has 0 bridgehead atoms. The van der Waals surface area contributed by atoms with Crippen LogP contribution in [-0.2, 0) is 11.3 Å². The first-order valence-electron chi connectivity index (χ1n) is 11.8. The summed E-state index contributed by atoms with van der Waals surface area (Å²) in [6, 6.07) is 5.53. The highest BCUT2D eigenvalue weighted by molar-refractivity contribution is 5.78. The molecule has 3 rings (SSSR count). The van der Waals surface area contributed by atoms with Gasteiger partial charge in [0.15, 0.2) is 11.5 Å². The summed E-state index contributed by atoms with van der Waals surface area (Å²) in [6.07, 6.45) is 2.68. The average Bonchev–Trinajstić information content (AvgIpc) is 3.32. The van der Waals surface area contributed by atoms with Gasteiger partial charge in [-0.3, -0.25) is 9.69 Å².